The molecule has 0 saturated heterocycles. The van der Waals surface area contributed by atoms with Gasteiger partial charge in [-0.25, -0.2) is 0 Å². The second-order valence-corrected chi connectivity index (χ2v) is 5.78. The van der Waals surface area contributed by atoms with Crippen LogP contribution < -0.4 is 0 Å². The van der Waals surface area contributed by atoms with Crippen LogP contribution in [0.2, 0.25) is 0 Å². The van der Waals surface area contributed by atoms with Crippen molar-refractivity contribution in [3.63, 3.8) is 0 Å². The van der Waals surface area contributed by atoms with Gasteiger partial charge in [0.05, 0.1) is 0 Å². The number of halogens is 1. The normalized spacial score (nSPS) is 10.8. The third-order valence-electron chi connectivity index (χ3n) is 3.25. The van der Waals surface area contributed by atoms with Gasteiger partial charge in [-0.15, -0.1) is 0 Å². The van der Waals surface area contributed by atoms with Crippen molar-refractivity contribution in [1.29, 1.82) is 0 Å². The van der Waals surface area contributed by atoms with Crippen LogP contribution >= 0.6 is 22.6 Å². The lowest BCUT2D eigenvalue weighted by atomic mass is 10.0. The second kappa shape index (κ2) is 4.81. The van der Waals surface area contributed by atoms with Gasteiger partial charge >= 0.3 is 0 Å². The van der Waals surface area contributed by atoms with E-state index in [2.05, 4.69) is 27.6 Å². The first-order valence-electron chi connectivity index (χ1n) is 6.04. The summed E-state index contributed by atoms with van der Waals surface area (Å²) in [4.78, 5) is 15.8. The van der Waals surface area contributed by atoms with Gasteiger partial charge in [0.2, 0.25) is 0 Å². The zero-order chi connectivity index (χ0) is 13.4. The van der Waals surface area contributed by atoms with Crippen LogP contribution in [0.4, 0.5) is 0 Å². The van der Waals surface area contributed by atoms with Gasteiger partial charge < -0.3 is 4.98 Å². The van der Waals surface area contributed by atoms with Crippen LogP contribution in [0, 0.1) is 10.5 Å². The van der Waals surface area contributed by atoms with Crippen LogP contribution in [0.1, 0.15) is 21.5 Å². The van der Waals surface area contributed by atoms with E-state index in [-0.39, 0.29) is 5.78 Å². The molecule has 1 aromatic heterocycles. The van der Waals surface area contributed by atoms with Crippen LogP contribution in [0.3, 0.4) is 0 Å². The van der Waals surface area contributed by atoms with Crippen LogP contribution in [0.25, 0.3) is 10.9 Å². The summed E-state index contributed by atoms with van der Waals surface area (Å²) in [5.74, 6) is 0.0686. The van der Waals surface area contributed by atoms with Gasteiger partial charge in [0.15, 0.2) is 5.78 Å². The molecule has 3 heteroatoms. The minimum absolute atomic E-state index is 0.0686. The number of aromatic nitrogens is 1. The Balaban J connectivity index is 2.17. The first-order chi connectivity index (χ1) is 9.16. The van der Waals surface area contributed by atoms with Crippen molar-refractivity contribution in [2.75, 3.05) is 0 Å². The summed E-state index contributed by atoms with van der Waals surface area (Å²) in [5.41, 5.74) is 3.60. The van der Waals surface area contributed by atoms with E-state index < -0.39 is 0 Å². The summed E-state index contributed by atoms with van der Waals surface area (Å²) in [6, 6.07) is 13.7. The third kappa shape index (κ3) is 2.18. The summed E-state index contributed by atoms with van der Waals surface area (Å²) in [6.45, 7) is 2.03. The number of fused-ring (bicyclic) bond motifs is 1. The Bertz CT molecular complexity index is 773. The van der Waals surface area contributed by atoms with E-state index in [0.717, 1.165) is 31.2 Å². The fraction of sp³-hybridized carbons (Fsp3) is 0.0625. The summed E-state index contributed by atoms with van der Waals surface area (Å²) in [5, 5.41) is 1.02. The molecule has 0 spiro atoms. The topological polar surface area (TPSA) is 32.9 Å². The average molecular weight is 361 g/mol. The quantitative estimate of drug-likeness (QED) is 0.536. The van der Waals surface area contributed by atoms with Gasteiger partial charge in [-0.3, -0.25) is 4.79 Å². The van der Waals surface area contributed by atoms with Crippen molar-refractivity contribution in [2.24, 2.45) is 0 Å². The number of nitrogens with one attached hydrogen (secondary N) is 1. The highest BCUT2D eigenvalue weighted by atomic mass is 127. The molecule has 0 saturated carbocycles. The number of carbonyl (C=O) groups is 1. The van der Waals surface area contributed by atoms with E-state index >= 15 is 0 Å². The minimum Gasteiger partial charge on any atom is -0.360 e. The zero-order valence-electron chi connectivity index (χ0n) is 10.4. The van der Waals surface area contributed by atoms with Gasteiger partial charge in [0.25, 0.3) is 0 Å². The first kappa shape index (κ1) is 12.4. The number of ketones is 1. The Hall–Kier alpha value is -1.62. The number of benzene rings is 2. The lowest BCUT2D eigenvalue weighted by molar-refractivity contribution is 0.104. The number of H-pyrrole nitrogens is 1. The van der Waals surface area contributed by atoms with Gasteiger partial charge in [-0.05, 0) is 53.3 Å². The molecule has 0 unspecified atom stereocenters. The summed E-state index contributed by atoms with van der Waals surface area (Å²) < 4.78 is 1.07. The number of aromatic amines is 1. The molecule has 0 bridgehead atoms. The van der Waals surface area contributed by atoms with Gasteiger partial charge in [-0.2, -0.15) is 0 Å². The Morgan fingerprint density at radius 1 is 1.16 bits per heavy atom. The molecule has 1 heterocycles. The van der Waals surface area contributed by atoms with E-state index in [1.54, 1.807) is 6.20 Å². The van der Waals surface area contributed by atoms with Gasteiger partial charge in [0.1, 0.15) is 0 Å². The molecule has 2 aromatic carbocycles. The van der Waals surface area contributed by atoms with E-state index in [1.165, 1.54) is 0 Å². The molecule has 0 atom stereocenters. The molecule has 94 valence electrons. The van der Waals surface area contributed by atoms with E-state index in [4.69, 9.17) is 0 Å². The Labute approximate surface area is 125 Å². The predicted molar refractivity (Wildman–Crippen MR) is 85.6 cm³/mol. The SMILES string of the molecule is Cc1cccc2[nH]cc(C(=O)c3cccc(I)c3)c12. The predicted octanol–water partition coefficient (Wildman–Crippen LogP) is 4.31. The van der Waals surface area contributed by atoms with Crippen molar-refractivity contribution in [3.05, 3.63) is 68.9 Å². The van der Waals surface area contributed by atoms with Crippen molar-refractivity contribution >= 4 is 39.3 Å². The molecule has 3 aromatic rings. The van der Waals surface area contributed by atoms with Gasteiger partial charge in [-0.1, -0.05) is 24.3 Å². The molecular formula is C16H12INO. The highest BCUT2D eigenvalue weighted by Crippen LogP contribution is 2.24. The van der Waals surface area contributed by atoms with Crippen molar-refractivity contribution in [1.82, 2.24) is 4.98 Å². The second-order valence-electron chi connectivity index (χ2n) is 4.54. The monoisotopic (exact) mass is 361 g/mol. The molecule has 0 aliphatic rings. The van der Waals surface area contributed by atoms with E-state index in [1.807, 2.05) is 49.4 Å². The smallest absolute Gasteiger partial charge is 0.195 e. The van der Waals surface area contributed by atoms with Gasteiger partial charge in [0, 0.05) is 31.8 Å². The molecule has 2 nitrogen and oxygen atoms in total. The number of aryl methyl sites for hydroxylation is 1. The zero-order valence-corrected chi connectivity index (χ0v) is 12.6. The summed E-state index contributed by atoms with van der Waals surface area (Å²) >= 11 is 2.22. The minimum atomic E-state index is 0.0686. The van der Waals surface area contributed by atoms with Crippen molar-refractivity contribution in [2.45, 2.75) is 6.92 Å². The van der Waals surface area contributed by atoms with Crippen LogP contribution in [0.15, 0.2) is 48.7 Å². The van der Waals surface area contributed by atoms with Crippen LogP contribution in [-0.2, 0) is 0 Å². The highest BCUT2D eigenvalue weighted by Gasteiger charge is 2.15. The summed E-state index contributed by atoms with van der Waals surface area (Å²) in [7, 11) is 0. The third-order valence-corrected chi connectivity index (χ3v) is 3.92. The van der Waals surface area contributed by atoms with Crippen molar-refractivity contribution < 1.29 is 4.79 Å². The molecule has 3 rings (SSSR count). The molecular weight excluding hydrogens is 349 g/mol. The largest absolute Gasteiger partial charge is 0.360 e. The number of carbonyl (C=O) groups excluding carboxylic acids is 1. The van der Waals surface area contributed by atoms with Crippen LogP contribution in [-0.4, -0.2) is 10.8 Å². The number of hydrogen-bond donors (Lipinski definition) is 1. The molecule has 19 heavy (non-hydrogen) atoms. The molecule has 0 aliphatic heterocycles. The standard InChI is InChI=1S/C16H12INO/c1-10-4-2-7-14-15(10)13(9-18-14)16(19)11-5-3-6-12(17)8-11/h2-9,18H,1H3. The first-order valence-corrected chi connectivity index (χ1v) is 7.11. The summed E-state index contributed by atoms with van der Waals surface area (Å²) in [6.07, 6.45) is 1.81. The molecule has 0 radical (unpaired) electrons. The molecule has 0 amide bonds. The van der Waals surface area contributed by atoms with Crippen LogP contribution in [0.5, 0.6) is 0 Å². The molecule has 0 aliphatic carbocycles. The maximum atomic E-state index is 12.6. The maximum absolute atomic E-state index is 12.6. The van der Waals surface area contributed by atoms with Crippen molar-refractivity contribution in [3.8, 4) is 0 Å². The fourth-order valence-electron chi connectivity index (χ4n) is 2.33. The Morgan fingerprint density at radius 3 is 2.74 bits per heavy atom. The molecule has 0 fully saturated rings. The maximum Gasteiger partial charge on any atom is 0.195 e. The fourth-order valence-corrected chi connectivity index (χ4v) is 2.88. The van der Waals surface area contributed by atoms with E-state index in [0.29, 0.717) is 0 Å². The molecule has 1 N–H and O–H groups in total. The Morgan fingerprint density at radius 2 is 1.95 bits per heavy atom. The van der Waals surface area contributed by atoms with E-state index in [9.17, 15) is 4.79 Å². The number of hydrogen-bond acceptors (Lipinski definition) is 1. The highest BCUT2D eigenvalue weighted by molar-refractivity contribution is 14.1. The lowest BCUT2D eigenvalue weighted by Gasteiger charge is -2.02. The number of rotatable bonds is 2. The average Bonchev–Trinajstić information content (AvgIpc) is 2.83. The lowest BCUT2D eigenvalue weighted by Crippen LogP contribution is -2.01. The Kier molecular flexibility index (Phi) is 3.14.